The zero-order valence-electron chi connectivity index (χ0n) is 14.1. The van der Waals surface area contributed by atoms with Gasteiger partial charge in [0.1, 0.15) is 5.82 Å². The first-order chi connectivity index (χ1) is 12.1. The molecule has 0 aliphatic rings. The van der Waals surface area contributed by atoms with Gasteiger partial charge in [-0.2, -0.15) is 0 Å². The van der Waals surface area contributed by atoms with E-state index in [0.717, 1.165) is 16.6 Å². The van der Waals surface area contributed by atoms with E-state index in [9.17, 15) is 9.18 Å². The topological polar surface area (TPSA) is 54.3 Å². The van der Waals surface area contributed by atoms with Crippen molar-refractivity contribution < 1.29 is 14.3 Å². The first-order valence-electron chi connectivity index (χ1n) is 8.26. The summed E-state index contributed by atoms with van der Waals surface area (Å²) in [5, 5.41) is 13.1. The Morgan fingerprint density at radius 3 is 2.80 bits per heavy atom. The molecule has 2 aromatic carbocycles. The Labute approximate surface area is 145 Å². The molecule has 0 aliphatic heterocycles. The summed E-state index contributed by atoms with van der Waals surface area (Å²) in [5.41, 5.74) is 3.31. The summed E-state index contributed by atoms with van der Waals surface area (Å²) in [6.45, 7) is -0.0314. The number of hydrogen-bond donors (Lipinski definition) is 2. The number of nitrogens with one attached hydrogen (secondary N) is 1. The molecule has 0 unspecified atom stereocenters. The summed E-state index contributed by atoms with van der Waals surface area (Å²) in [4.78, 5) is 12.1. The summed E-state index contributed by atoms with van der Waals surface area (Å²) in [6.07, 6.45) is 3.12. The number of aliphatic hydroxyl groups is 1. The SMILES string of the molecule is Cn1cc(CCC(=O)NCc2ccc(F)c(CO)c2)c2ccccc21. The smallest absolute Gasteiger partial charge is 0.220 e. The van der Waals surface area contributed by atoms with Crippen LogP contribution in [0.4, 0.5) is 4.39 Å². The van der Waals surface area contributed by atoms with E-state index in [1.807, 2.05) is 19.2 Å². The lowest BCUT2D eigenvalue weighted by molar-refractivity contribution is -0.121. The zero-order chi connectivity index (χ0) is 17.8. The van der Waals surface area contributed by atoms with Crippen molar-refractivity contribution in [1.82, 2.24) is 9.88 Å². The lowest BCUT2D eigenvalue weighted by Crippen LogP contribution is -2.23. The highest BCUT2D eigenvalue weighted by Crippen LogP contribution is 2.21. The first kappa shape index (κ1) is 17.2. The molecule has 0 fully saturated rings. The van der Waals surface area contributed by atoms with E-state index in [1.54, 1.807) is 12.1 Å². The van der Waals surface area contributed by atoms with Crippen LogP contribution in [0.25, 0.3) is 10.9 Å². The Morgan fingerprint density at radius 2 is 2.00 bits per heavy atom. The van der Waals surface area contributed by atoms with Crippen LogP contribution in [0.15, 0.2) is 48.7 Å². The minimum atomic E-state index is -0.437. The largest absolute Gasteiger partial charge is 0.392 e. The van der Waals surface area contributed by atoms with Crippen molar-refractivity contribution >= 4 is 16.8 Å². The van der Waals surface area contributed by atoms with Gasteiger partial charge >= 0.3 is 0 Å². The van der Waals surface area contributed by atoms with Gasteiger partial charge in [-0.25, -0.2) is 4.39 Å². The van der Waals surface area contributed by atoms with E-state index < -0.39 is 5.82 Å². The molecule has 1 aromatic heterocycles. The highest BCUT2D eigenvalue weighted by atomic mass is 19.1. The number of halogens is 1. The van der Waals surface area contributed by atoms with Crippen molar-refractivity contribution in [1.29, 1.82) is 0 Å². The van der Waals surface area contributed by atoms with E-state index in [1.165, 1.54) is 11.5 Å². The molecule has 2 N–H and O–H groups in total. The molecule has 0 saturated heterocycles. The van der Waals surface area contributed by atoms with Gasteiger partial charge in [-0.1, -0.05) is 24.3 Å². The number of benzene rings is 2. The van der Waals surface area contributed by atoms with Crippen LogP contribution in [0.2, 0.25) is 0 Å². The van der Waals surface area contributed by atoms with Crippen LogP contribution in [-0.4, -0.2) is 15.6 Å². The minimum absolute atomic E-state index is 0.0530. The van der Waals surface area contributed by atoms with Crippen LogP contribution in [0, 0.1) is 5.82 Å². The van der Waals surface area contributed by atoms with Crippen LogP contribution in [0.5, 0.6) is 0 Å². The Hall–Kier alpha value is -2.66. The minimum Gasteiger partial charge on any atom is -0.392 e. The quantitative estimate of drug-likeness (QED) is 0.725. The Kier molecular flexibility index (Phi) is 5.14. The number of para-hydroxylation sites is 1. The Bertz CT molecular complexity index is 902. The standard InChI is InChI=1S/C20H21FN2O2/c1-23-12-15(17-4-2-3-5-19(17)23)7-9-20(25)22-11-14-6-8-18(21)16(10-14)13-24/h2-6,8,10,12,24H,7,9,11,13H2,1H3,(H,22,25). The van der Waals surface area contributed by atoms with Crippen molar-refractivity contribution in [2.24, 2.45) is 7.05 Å². The van der Waals surface area contributed by atoms with E-state index in [-0.39, 0.29) is 18.1 Å². The molecule has 1 heterocycles. The first-order valence-corrected chi connectivity index (χ1v) is 8.26. The van der Waals surface area contributed by atoms with Crippen molar-refractivity contribution in [3.05, 3.63) is 71.2 Å². The average Bonchev–Trinajstić information content (AvgIpc) is 2.95. The summed E-state index contributed by atoms with van der Waals surface area (Å²) in [5.74, 6) is -0.490. The van der Waals surface area contributed by atoms with Crippen molar-refractivity contribution in [2.75, 3.05) is 0 Å². The number of hydrogen-bond acceptors (Lipinski definition) is 2. The van der Waals surface area contributed by atoms with Gasteiger partial charge in [0, 0.05) is 42.7 Å². The molecule has 0 atom stereocenters. The van der Waals surface area contributed by atoms with Gasteiger partial charge in [0.2, 0.25) is 5.91 Å². The van der Waals surface area contributed by atoms with Crippen molar-refractivity contribution in [2.45, 2.75) is 26.0 Å². The normalized spacial score (nSPS) is 11.0. The van der Waals surface area contributed by atoms with Gasteiger partial charge in [-0.05, 0) is 35.7 Å². The molecule has 4 nitrogen and oxygen atoms in total. The maximum Gasteiger partial charge on any atom is 0.220 e. The third-order valence-electron chi connectivity index (χ3n) is 4.37. The fraction of sp³-hybridized carbons (Fsp3) is 0.250. The Balaban J connectivity index is 1.58. The maximum atomic E-state index is 13.4. The number of aryl methyl sites for hydroxylation is 2. The van der Waals surface area contributed by atoms with Crippen LogP contribution in [0.3, 0.4) is 0 Å². The number of nitrogens with zero attached hydrogens (tertiary/aromatic N) is 1. The third-order valence-corrected chi connectivity index (χ3v) is 4.37. The molecule has 130 valence electrons. The second-order valence-electron chi connectivity index (χ2n) is 6.14. The van der Waals surface area contributed by atoms with Gasteiger partial charge in [0.05, 0.1) is 6.61 Å². The molecule has 0 aliphatic carbocycles. The molecule has 3 aromatic rings. The van der Waals surface area contributed by atoms with E-state index in [2.05, 4.69) is 28.2 Å². The molecule has 5 heteroatoms. The predicted molar refractivity (Wildman–Crippen MR) is 95.4 cm³/mol. The number of carbonyl (C=O) groups is 1. The molecular formula is C20H21FN2O2. The summed E-state index contributed by atoms with van der Waals surface area (Å²) >= 11 is 0. The highest BCUT2D eigenvalue weighted by Gasteiger charge is 2.09. The Morgan fingerprint density at radius 1 is 1.20 bits per heavy atom. The molecule has 3 rings (SSSR count). The van der Waals surface area contributed by atoms with Gasteiger partial charge < -0.3 is 15.0 Å². The van der Waals surface area contributed by atoms with Crippen LogP contribution in [0.1, 0.15) is 23.1 Å². The number of fused-ring (bicyclic) bond motifs is 1. The second kappa shape index (κ2) is 7.49. The molecule has 0 bridgehead atoms. The zero-order valence-corrected chi connectivity index (χ0v) is 14.1. The second-order valence-corrected chi connectivity index (χ2v) is 6.14. The van der Waals surface area contributed by atoms with E-state index in [0.29, 0.717) is 19.4 Å². The third kappa shape index (κ3) is 3.88. The maximum absolute atomic E-state index is 13.4. The molecular weight excluding hydrogens is 319 g/mol. The predicted octanol–water partition coefficient (Wildman–Crippen LogP) is 3.06. The highest BCUT2D eigenvalue weighted by molar-refractivity contribution is 5.84. The fourth-order valence-corrected chi connectivity index (χ4v) is 3.02. The van der Waals surface area contributed by atoms with Crippen molar-refractivity contribution in [3.8, 4) is 0 Å². The lowest BCUT2D eigenvalue weighted by Gasteiger charge is -2.07. The van der Waals surface area contributed by atoms with E-state index >= 15 is 0 Å². The number of amides is 1. The fourth-order valence-electron chi connectivity index (χ4n) is 3.02. The van der Waals surface area contributed by atoms with Gasteiger partial charge in [-0.15, -0.1) is 0 Å². The monoisotopic (exact) mass is 340 g/mol. The summed E-state index contributed by atoms with van der Waals surface area (Å²) in [6, 6.07) is 12.6. The number of aliphatic hydroxyl groups excluding tert-OH is 1. The molecule has 25 heavy (non-hydrogen) atoms. The van der Waals surface area contributed by atoms with Crippen LogP contribution in [-0.2, 0) is 31.4 Å². The van der Waals surface area contributed by atoms with E-state index in [4.69, 9.17) is 5.11 Å². The summed E-state index contributed by atoms with van der Waals surface area (Å²) < 4.78 is 15.4. The van der Waals surface area contributed by atoms with Crippen LogP contribution >= 0.6 is 0 Å². The van der Waals surface area contributed by atoms with Crippen molar-refractivity contribution in [3.63, 3.8) is 0 Å². The summed E-state index contributed by atoms with van der Waals surface area (Å²) in [7, 11) is 2.00. The molecule has 0 saturated carbocycles. The number of aromatic nitrogens is 1. The van der Waals surface area contributed by atoms with Gasteiger partial charge in [0.15, 0.2) is 0 Å². The molecule has 0 spiro atoms. The molecule has 1 amide bonds. The van der Waals surface area contributed by atoms with Crippen LogP contribution < -0.4 is 5.32 Å². The lowest BCUT2D eigenvalue weighted by atomic mass is 10.1. The average molecular weight is 340 g/mol. The van der Waals surface area contributed by atoms with Gasteiger partial charge in [-0.3, -0.25) is 4.79 Å². The number of rotatable bonds is 6. The molecule has 0 radical (unpaired) electrons. The van der Waals surface area contributed by atoms with Gasteiger partial charge in [0.25, 0.3) is 0 Å². The number of carbonyl (C=O) groups excluding carboxylic acids is 1.